The lowest BCUT2D eigenvalue weighted by Crippen LogP contribution is -2.16. The lowest BCUT2D eigenvalue weighted by atomic mass is 10.2. The maximum atomic E-state index is 11.4. The highest BCUT2D eigenvalue weighted by Crippen LogP contribution is 2.15. The minimum atomic E-state index is -0.380. The smallest absolute Gasteiger partial charge is 0.341 e. The monoisotopic (exact) mass is 264 g/mol. The molecule has 0 saturated carbocycles. The van der Waals surface area contributed by atoms with Gasteiger partial charge in [-0.05, 0) is 13.0 Å². The zero-order valence-electron chi connectivity index (χ0n) is 10.9. The molecule has 2 rings (SSSR count). The van der Waals surface area contributed by atoms with E-state index in [2.05, 4.69) is 25.2 Å². The van der Waals surface area contributed by atoms with E-state index in [1.54, 1.807) is 13.0 Å². The molecule has 0 saturated heterocycles. The zero-order chi connectivity index (χ0) is 13.7. The molecule has 0 radical (unpaired) electrons. The molecule has 0 unspecified atom stereocenters. The summed E-state index contributed by atoms with van der Waals surface area (Å²) in [5.41, 5.74) is 0.467. The van der Waals surface area contributed by atoms with E-state index in [0.29, 0.717) is 23.6 Å². The molecule has 2 heterocycles. The van der Waals surface area contributed by atoms with E-state index in [1.807, 2.05) is 0 Å². The van der Waals surface area contributed by atoms with Crippen molar-refractivity contribution >= 4 is 5.97 Å². The highest BCUT2D eigenvalue weighted by molar-refractivity contribution is 5.90. The van der Waals surface area contributed by atoms with Crippen molar-refractivity contribution < 1.29 is 13.9 Å². The van der Waals surface area contributed by atoms with Crippen molar-refractivity contribution in [3.05, 3.63) is 35.3 Å². The quantitative estimate of drug-likeness (QED) is 0.593. The maximum Gasteiger partial charge on any atom is 0.341 e. The normalized spacial score (nSPS) is 10.6. The number of ether oxygens (including phenoxy) is 1. The van der Waals surface area contributed by atoms with Gasteiger partial charge in [-0.1, -0.05) is 0 Å². The number of esters is 1. The van der Waals surface area contributed by atoms with Gasteiger partial charge in [0.05, 0.1) is 13.7 Å². The largest absolute Gasteiger partial charge is 0.465 e. The third-order valence-electron chi connectivity index (χ3n) is 2.68. The van der Waals surface area contributed by atoms with Crippen LogP contribution in [0.5, 0.6) is 0 Å². The van der Waals surface area contributed by atoms with Crippen LogP contribution in [0.2, 0.25) is 0 Å². The van der Waals surface area contributed by atoms with Gasteiger partial charge in [0.2, 0.25) is 0 Å². The molecule has 0 aliphatic rings. The molecule has 0 amide bonds. The van der Waals surface area contributed by atoms with Gasteiger partial charge < -0.3 is 14.5 Å². The Balaban J connectivity index is 1.81. The number of carbonyl (C=O) groups excluding carboxylic acids is 1. The van der Waals surface area contributed by atoms with Crippen molar-refractivity contribution in [2.45, 2.75) is 19.9 Å². The molecule has 0 atom stereocenters. The fraction of sp³-hybridized carbons (Fsp3) is 0.417. The number of methoxy groups -OCH3 is 1. The van der Waals surface area contributed by atoms with E-state index in [9.17, 15) is 4.79 Å². The lowest BCUT2D eigenvalue weighted by molar-refractivity contribution is 0.0599. The SMILES string of the molecule is COC(=O)c1cc(CNCCc2ncn[nH]2)oc1C. The van der Waals surface area contributed by atoms with Gasteiger partial charge in [-0.15, -0.1) is 0 Å². The number of carbonyl (C=O) groups is 1. The van der Waals surface area contributed by atoms with Crippen LogP contribution in [0.25, 0.3) is 0 Å². The number of H-pyrrole nitrogens is 1. The van der Waals surface area contributed by atoms with Gasteiger partial charge in [0.25, 0.3) is 0 Å². The lowest BCUT2D eigenvalue weighted by Gasteiger charge is -1.99. The number of aromatic nitrogens is 3. The van der Waals surface area contributed by atoms with Crippen LogP contribution in [-0.4, -0.2) is 34.8 Å². The Morgan fingerprint density at radius 1 is 1.58 bits per heavy atom. The van der Waals surface area contributed by atoms with Crippen LogP contribution in [0.4, 0.5) is 0 Å². The Hall–Kier alpha value is -2.15. The number of nitrogens with zero attached hydrogens (tertiary/aromatic N) is 2. The topological polar surface area (TPSA) is 93.0 Å². The Morgan fingerprint density at radius 3 is 3.11 bits per heavy atom. The molecule has 0 aliphatic carbocycles. The van der Waals surface area contributed by atoms with Crippen molar-refractivity contribution in [3.8, 4) is 0 Å². The molecular weight excluding hydrogens is 248 g/mol. The number of furan rings is 1. The Morgan fingerprint density at radius 2 is 2.42 bits per heavy atom. The first-order valence-electron chi connectivity index (χ1n) is 5.93. The van der Waals surface area contributed by atoms with E-state index in [1.165, 1.54) is 13.4 Å². The first kappa shape index (κ1) is 13.3. The van der Waals surface area contributed by atoms with Crippen LogP contribution in [0.3, 0.4) is 0 Å². The number of rotatable bonds is 6. The molecule has 0 spiro atoms. The van der Waals surface area contributed by atoms with Gasteiger partial charge >= 0.3 is 5.97 Å². The number of aromatic amines is 1. The van der Waals surface area contributed by atoms with Gasteiger partial charge in [-0.2, -0.15) is 5.10 Å². The summed E-state index contributed by atoms with van der Waals surface area (Å²) in [5.74, 6) is 1.72. The minimum Gasteiger partial charge on any atom is -0.465 e. The third-order valence-corrected chi connectivity index (χ3v) is 2.68. The fourth-order valence-corrected chi connectivity index (χ4v) is 1.71. The van der Waals surface area contributed by atoms with Crippen LogP contribution in [0, 0.1) is 6.92 Å². The predicted octanol–water partition coefficient (Wildman–Crippen LogP) is 0.825. The summed E-state index contributed by atoms with van der Waals surface area (Å²) in [6.45, 7) is 3.03. The van der Waals surface area contributed by atoms with Crippen LogP contribution >= 0.6 is 0 Å². The second-order valence-electron chi connectivity index (χ2n) is 4.03. The van der Waals surface area contributed by atoms with Crippen LogP contribution in [-0.2, 0) is 17.7 Å². The van der Waals surface area contributed by atoms with Gasteiger partial charge in [-0.3, -0.25) is 5.10 Å². The highest BCUT2D eigenvalue weighted by atomic mass is 16.5. The standard InChI is InChI=1S/C12H16N4O3/c1-8-10(12(17)18-2)5-9(19-8)6-13-4-3-11-14-7-15-16-11/h5,7,13H,3-4,6H2,1-2H3,(H,14,15,16). The van der Waals surface area contributed by atoms with Gasteiger partial charge in [0.15, 0.2) is 0 Å². The number of hydrogen-bond donors (Lipinski definition) is 2. The summed E-state index contributed by atoms with van der Waals surface area (Å²) in [5, 5.41) is 9.76. The number of nitrogens with one attached hydrogen (secondary N) is 2. The number of aryl methyl sites for hydroxylation is 1. The first-order valence-corrected chi connectivity index (χ1v) is 5.93. The average Bonchev–Trinajstić information content (AvgIpc) is 3.03. The minimum absolute atomic E-state index is 0.380. The molecule has 7 nitrogen and oxygen atoms in total. The van der Waals surface area contributed by atoms with E-state index in [0.717, 1.165) is 18.8 Å². The second-order valence-corrected chi connectivity index (χ2v) is 4.03. The summed E-state index contributed by atoms with van der Waals surface area (Å²) in [4.78, 5) is 15.4. The Labute approximate surface area is 110 Å². The summed E-state index contributed by atoms with van der Waals surface area (Å²) in [6, 6.07) is 1.70. The molecule has 7 heteroatoms. The van der Waals surface area contributed by atoms with Crippen molar-refractivity contribution in [2.24, 2.45) is 0 Å². The Bertz CT molecular complexity index is 533. The van der Waals surface area contributed by atoms with E-state index in [4.69, 9.17) is 4.42 Å². The maximum absolute atomic E-state index is 11.4. The highest BCUT2D eigenvalue weighted by Gasteiger charge is 2.14. The molecule has 102 valence electrons. The van der Waals surface area contributed by atoms with Crippen molar-refractivity contribution in [1.82, 2.24) is 20.5 Å². The van der Waals surface area contributed by atoms with Crippen molar-refractivity contribution in [2.75, 3.05) is 13.7 Å². The first-order chi connectivity index (χ1) is 9.20. The van der Waals surface area contributed by atoms with E-state index in [-0.39, 0.29) is 5.97 Å². The zero-order valence-corrected chi connectivity index (χ0v) is 10.9. The molecule has 0 aromatic carbocycles. The molecule has 2 aromatic rings. The van der Waals surface area contributed by atoms with Crippen LogP contribution in [0.1, 0.15) is 27.7 Å². The Kier molecular flexibility index (Phi) is 4.30. The summed E-state index contributed by atoms with van der Waals surface area (Å²) in [6.07, 6.45) is 2.23. The van der Waals surface area contributed by atoms with Gasteiger partial charge in [-0.25, -0.2) is 9.78 Å². The molecule has 2 aromatic heterocycles. The second kappa shape index (κ2) is 6.14. The summed E-state index contributed by atoms with van der Waals surface area (Å²) < 4.78 is 10.1. The average molecular weight is 264 g/mol. The summed E-state index contributed by atoms with van der Waals surface area (Å²) in [7, 11) is 1.35. The van der Waals surface area contributed by atoms with Crippen molar-refractivity contribution in [1.29, 1.82) is 0 Å². The molecule has 2 N–H and O–H groups in total. The van der Waals surface area contributed by atoms with Gasteiger partial charge in [0.1, 0.15) is 29.2 Å². The molecule has 0 bridgehead atoms. The molecule has 19 heavy (non-hydrogen) atoms. The van der Waals surface area contributed by atoms with Crippen molar-refractivity contribution in [3.63, 3.8) is 0 Å². The van der Waals surface area contributed by atoms with E-state index < -0.39 is 0 Å². The third kappa shape index (κ3) is 3.41. The fourth-order valence-electron chi connectivity index (χ4n) is 1.71. The van der Waals surface area contributed by atoms with Crippen LogP contribution in [0.15, 0.2) is 16.8 Å². The number of hydrogen-bond acceptors (Lipinski definition) is 6. The predicted molar refractivity (Wildman–Crippen MR) is 66.6 cm³/mol. The van der Waals surface area contributed by atoms with Crippen LogP contribution < -0.4 is 5.32 Å². The van der Waals surface area contributed by atoms with E-state index >= 15 is 0 Å². The van der Waals surface area contributed by atoms with Gasteiger partial charge in [0, 0.05) is 13.0 Å². The molecule has 0 aliphatic heterocycles. The molecular formula is C12H16N4O3. The summed E-state index contributed by atoms with van der Waals surface area (Å²) >= 11 is 0. The molecule has 0 fully saturated rings.